The van der Waals surface area contributed by atoms with E-state index in [1.54, 1.807) is 13.0 Å². The third-order valence-corrected chi connectivity index (χ3v) is 3.11. The summed E-state index contributed by atoms with van der Waals surface area (Å²) in [6.45, 7) is 5.11. The van der Waals surface area contributed by atoms with Crippen LogP contribution in [0, 0.1) is 0 Å². The second-order valence-electron chi connectivity index (χ2n) is 4.89. The van der Waals surface area contributed by atoms with Crippen molar-refractivity contribution in [2.24, 2.45) is 0 Å². The molecule has 3 heteroatoms. The molecule has 0 saturated heterocycles. The SMILES string of the molecule is CCCCCCCOc1ccccc1/C=C/C(=O)OCC. The van der Waals surface area contributed by atoms with Crippen LogP contribution in [0.2, 0.25) is 0 Å². The summed E-state index contributed by atoms with van der Waals surface area (Å²) in [5.74, 6) is 0.486. The second kappa shape index (κ2) is 11.0. The monoisotopic (exact) mass is 290 g/mol. The second-order valence-corrected chi connectivity index (χ2v) is 4.89. The fourth-order valence-corrected chi connectivity index (χ4v) is 1.99. The predicted octanol–water partition coefficient (Wildman–Crippen LogP) is 4.61. The summed E-state index contributed by atoms with van der Waals surface area (Å²) in [7, 11) is 0. The third kappa shape index (κ3) is 7.54. The van der Waals surface area contributed by atoms with Crippen LogP contribution >= 0.6 is 0 Å². The maximum Gasteiger partial charge on any atom is 0.330 e. The van der Waals surface area contributed by atoms with Gasteiger partial charge in [-0.2, -0.15) is 0 Å². The smallest absolute Gasteiger partial charge is 0.330 e. The number of benzene rings is 1. The van der Waals surface area contributed by atoms with Crippen LogP contribution < -0.4 is 4.74 Å². The van der Waals surface area contributed by atoms with Crippen LogP contribution in [-0.4, -0.2) is 19.2 Å². The molecule has 0 saturated carbocycles. The minimum atomic E-state index is -0.327. The van der Waals surface area contributed by atoms with E-state index in [0.29, 0.717) is 13.2 Å². The molecule has 0 N–H and O–H groups in total. The first-order valence-corrected chi connectivity index (χ1v) is 7.84. The molecule has 0 aliphatic heterocycles. The van der Waals surface area contributed by atoms with Gasteiger partial charge >= 0.3 is 5.97 Å². The Morgan fingerprint density at radius 2 is 1.86 bits per heavy atom. The lowest BCUT2D eigenvalue weighted by Gasteiger charge is -2.09. The molecular weight excluding hydrogens is 264 g/mol. The van der Waals surface area contributed by atoms with Crippen molar-refractivity contribution < 1.29 is 14.3 Å². The van der Waals surface area contributed by atoms with Gasteiger partial charge in [-0.1, -0.05) is 50.8 Å². The molecule has 0 spiro atoms. The van der Waals surface area contributed by atoms with E-state index < -0.39 is 0 Å². The molecule has 0 radical (unpaired) electrons. The number of hydrogen-bond donors (Lipinski definition) is 0. The maximum atomic E-state index is 11.3. The Bertz CT molecular complexity index is 438. The van der Waals surface area contributed by atoms with E-state index in [-0.39, 0.29) is 5.97 Å². The Balaban J connectivity index is 2.45. The summed E-state index contributed by atoms with van der Waals surface area (Å²) < 4.78 is 10.7. The number of para-hydroxylation sites is 1. The summed E-state index contributed by atoms with van der Waals surface area (Å²) in [4.78, 5) is 11.3. The summed E-state index contributed by atoms with van der Waals surface area (Å²) in [5.41, 5.74) is 0.902. The van der Waals surface area contributed by atoms with Crippen molar-refractivity contribution in [3.8, 4) is 5.75 Å². The normalized spacial score (nSPS) is 10.8. The number of carbonyl (C=O) groups excluding carboxylic acids is 1. The van der Waals surface area contributed by atoms with E-state index in [9.17, 15) is 4.79 Å². The van der Waals surface area contributed by atoms with Gasteiger partial charge in [0.05, 0.1) is 13.2 Å². The molecule has 0 aromatic heterocycles. The number of ether oxygens (including phenoxy) is 2. The Morgan fingerprint density at radius 1 is 1.10 bits per heavy atom. The Kier molecular flexibility index (Phi) is 9.01. The molecule has 0 fully saturated rings. The van der Waals surface area contributed by atoms with Gasteiger partial charge in [0.1, 0.15) is 5.75 Å². The lowest BCUT2D eigenvalue weighted by molar-refractivity contribution is -0.137. The standard InChI is InChI=1S/C18H26O3/c1-3-5-6-7-10-15-21-17-12-9-8-11-16(17)13-14-18(19)20-4-2/h8-9,11-14H,3-7,10,15H2,1-2H3/b14-13+. The molecule has 0 heterocycles. The van der Waals surface area contributed by atoms with Gasteiger partial charge in [0, 0.05) is 11.6 Å². The van der Waals surface area contributed by atoms with Gasteiger partial charge in [-0.15, -0.1) is 0 Å². The van der Waals surface area contributed by atoms with E-state index in [1.165, 1.54) is 31.8 Å². The molecule has 0 bridgehead atoms. The summed E-state index contributed by atoms with van der Waals surface area (Å²) in [6, 6.07) is 7.73. The summed E-state index contributed by atoms with van der Waals surface area (Å²) >= 11 is 0. The largest absolute Gasteiger partial charge is 0.493 e. The van der Waals surface area contributed by atoms with E-state index in [4.69, 9.17) is 9.47 Å². The number of unbranched alkanes of at least 4 members (excludes halogenated alkanes) is 4. The average Bonchev–Trinajstić information content (AvgIpc) is 2.50. The molecule has 1 aromatic carbocycles. The van der Waals surface area contributed by atoms with Crippen LogP contribution in [0.1, 0.15) is 51.5 Å². The topological polar surface area (TPSA) is 35.5 Å². The van der Waals surface area contributed by atoms with Crippen LogP contribution in [0.3, 0.4) is 0 Å². The molecule has 3 nitrogen and oxygen atoms in total. The van der Waals surface area contributed by atoms with Gasteiger partial charge in [-0.25, -0.2) is 4.79 Å². The van der Waals surface area contributed by atoms with Crippen molar-refractivity contribution >= 4 is 12.0 Å². The Hall–Kier alpha value is -1.77. The summed E-state index contributed by atoms with van der Waals surface area (Å²) in [5, 5.41) is 0. The molecule has 0 aliphatic carbocycles. The Morgan fingerprint density at radius 3 is 2.62 bits per heavy atom. The number of rotatable bonds is 10. The number of carbonyl (C=O) groups is 1. The highest BCUT2D eigenvalue weighted by Gasteiger charge is 2.01. The Labute approximate surface area is 128 Å². The zero-order valence-electron chi connectivity index (χ0n) is 13.1. The van der Waals surface area contributed by atoms with Crippen LogP contribution in [0.4, 0.5) is 0 Å². The highest BCUT2D eigenvalue weighted by Crippen LogP contribution is 2.20. The minimum Gasteiger partial charge on any atom is -0.493 e. The first-order valence-electron chi connectivity index (χ1n) is 7.84. The molecule has 0 atom stereocenters. The van der Waals surface area contributed by atoms with Gasteiger partial charge < -0.3 is 9.47 Å². The van der Waals surface area contributed by atoms with Gasteiger partial charge in [0.2, 0.25) is 0 Å². The zero-order valence-corrected chi connectivity index (χ0v) is 13.1. The molecule has 0 amide bonds. The third-order valence-electron chi connectivity index (χ3n) is 3.11. The summed E-state index contributed by atoms with van der Waals surface area (Å²) in [6.07, 6.45) is 9.26. The van der Waals surface area contributed by atoms with Gasteiger partial charge in [-0.05, 0) is 25.5 Å². The van der Waals surface area contributed by atoms with Crippen molar-refractivity contribution in [3.63, 3.8) is 0 Å². The first kappa shape index (κ1) is 17.3. The van der Waals surface area contributed by atoms with Crippen molar-refractivity contribution in [2.75, 3.05) is 13.2 Å². The highest BCUT2D eigenvalue weighted by molar-refractivity contribution is 5.87. The predicted molar refractivity (Wildman–Crippen MR) is 86.4 cm³/mol. The molecule has 21 heavy (non-hydrogen) atoms. The van der Waals surface area contributed by atoms with E-state index in [2.05, 4.69) is 6.92 Å². The van der Waals surface area contributed by atoms with E-state index in [1.807, 2.05) is 24.3 Å². The molecular formula is C18H26O3. The number of hydrogen-bond acceptors (Lipinski definition) is 3. The maximum absolute atomic E-state index is 11.3. The van der Waals surface area contributed by atoms with Gasteiger partial charge in [-0.3, -0.25) is 0 Å². The van der Waals surface area contributed by atoms with Crippen molar-refractivity contribution in [2.45, 2.75) is 46.0 Å². The van der Waals surface area contributed by atoms with Crippen molar-refractivity contribution in [1.29, 1.82) is 0 Å². The fraction of sp³-hybridized carbons (Fsp3) is 0.500. The highest BCUT2D eigenvalue weighted by atomic mass is 16.5. The lowest BCUT2D eigenvalue weighted by Crippen LogP contribution is -2.00. The van der Waals surface area contributed by atoms with Crippen LogP contribution in [-0.2, 0) is 9.53 Å². The van der Waals surface area contributed by atoms with Crippen LogP contribution in [0.15, 0.2) is 30.3 Å². The van der Waals surface area contributed by atoms with Gasteiger partial charge in [0.25, 0.3) is 0 Å². The minimum absolute atomic E-state index is 0.327. The molecule has 1 rings (SSSR count). The lowest BCUT2D eigenvalue weighted by atomic mass is 10.1. The molecule has 1 aromatic rings. The molecule has 0 unspecified atom stereocenters. The van der Waals surface area contributed by atoms with Crippen LogP contribution in [0.25, 0.3) is 6.08 Å². The van der Waals surface area contributed by atoms with Crippen molar-refractivity contribution in [1.82, 2.24) is 0 Å². The van der Waals surface area contributed by atoms with E-state index >= 15 is 0 Å². The first-order chi connectivity index (χ1) is 10.3. The fourth-order valence-electron chi connectivity index (χ4n) is 1.99. The average molecular weight is 290 g/mol. The molecule has 0 aliphatic rings. The van der Waals surface area contributed by atoms with Crippen LogP contribution in [0.5, 0.6) is 5.75 Å². The van der Waals surface area contributed by atoms with Crippen molar-refractivity contribution in [3.05, 3.63) is 35.9 Å². The quantitative estimate of drug-likeness (QED) is 0.358. The van der Waals surface area contributed by atoms with E-state index in [0.717, 1.165) is 17.7 Å². The number of esters is 1. The zero-order chi connectivity index (χ0) is 15.3. The molecule has 116 valence electrons. The van der Waals surface area contributed by atoms with Gasteiger partial charge in [0.15, 0.2) is 0 Å².